The van der Waals surface area contributed by atoms with Crippen LogP contribution in [0.5, 0.6) is 5.75 Å². The van der Waals surface area contributed by atoms with E-state index in [9.17, 15) is 9.59 Å². The van der Waals surface area contributed by atoms with Gasteiger partial charge in [0.15, 0.2) is 0 Å². The van der Waals surface area contributed by atoms with Gasteiger partial charge in [-0.3, -0.25) is 9.59 Å². The maximum absolute atomic E-state index is 12.5. The molecule has 0 spiro atoms. The van der Waals surface area contributed by atoms with Crippen molar-refractivity contribution in [3.05, 3.63) is 64.7 Å². The molecular weight excluding hydrogens is 352 g/mol. The molecule has 1 aliphatic rings. The number of ether oxygens (including phenoxy) is 1. The molecule has 3 rings (SSSR count). The molecule has 2 aromatic rings. The van der Waals surface area contributed by atoms with Gasteiger partial charge in [0.2, 0.25) is 11.8 Å². The molecular formula is C20H21ClN2O3. The number of halogens is 1. The number of benzene rings is 2. The standard InChI is InChI=1S/C20H21ClN2O3/c1-26-17-8-4-15(5-9-17)13-23-19(25)20(10-11-20)18(24)22-12-14-2-6-16(21)7-3-14/h2-9H,10-13H2,1H3,(H,22,24)(H,23,25). The van der Waals surface area contributed by atoms with Gasteiger partial charge in [-0.05, 0) is 48.2 Å². The van der Waals surface area contributed by atoms with E-state index < -0.39 is 5.41 Å². The van der Waals surface area contributed by atoms with Crippen molar-refractivity contribution in [2.45, 2.75) is 25.9 Å². The number of rotatable bonds is 7. The lowest BCUT2D eigenvalue weighted by molar-refractivity contribution is -0.137. The molecule has 2 aromatic carbocycles. The van der Waals surface area contributed by atoms with Crippen LogP contribution < -0.4 is 15.4 Å². The quantitative estimate of drug-likeness (QED) is 0.734. The van der Waals surface area contributed by atoms with Gasteiger partial charge < -0.3 is 15.4 Å². The summed E-state index contributed by atoms with van der Waals surface area (Å²) in [6, 6.07) is 14.7. The lowest BCUT2D eigenvalue weighted by Crippen LogP contribution is -2.42. The van der Waals surface area contributed by atoms with Gasteiger partial charge in [0.25, 0.3) is 0 Å². The molecule has 2 amide bonds. The maximum Gasteiger partial charge on any atom is 0.235 e. The number of methoxy groups -OCH3 is 1. The molecule has 0 aliphatic heterocycles. The summed E-state index contributed by atoms with van der Waals surface area (Å²) in [5.41, 5.74) is 0.965. The third-order valence-corrected chi connectivity index (χ3v) is 4.85. The molecule has 0 atom stereocenters. The molecule has 0 saturated heterocycles. The zero-order valence-electron chi connectivity index (χ0n) is 14.5. The average Bonchev–Trinajstić information content (AvgIpc) is 3.48. The van der Waals surface area contributed by atoms with Crippen LogP contribution in [-0.2, 0) is 22.7 Å². The zero-order valence-corrected chi connectivity index (χ0v) is 15.3. The fourth-order valence-corrected chi connectivity index (χ4v) is 2.86. The van der Waals surface area contributed by atoms with Gasteiger partial charge in [-0.15, -0.1) is 0 Å². The SMILES string of the molecule is COc1ccc(CNC(=O)C2(C(=O)NCc3ccc(Cl)cc3)CC2)cc1. The van der Waals surface area contributed by atoms with Crippen LogP contribution in [0.3, 0.4) is 0 Å². The van der Waals surface area contributed by atoms with Gasteiger partial charge in [0, 0.05) is 18.1 Å². The first-order chi connectivity index (χ1) is 12.5. The van der Waals surface area contributed by atoms with E-state index in [4.69, 9.17) is 16.3 Å². The molecule has 2 N–H and O–H groups in total. The van der Waals surface area contributed by atoms with E-state index in [1.165, 1.54) is 0 Å². The summed E-state index contributed by atoms with van der Waals surface area (Å²) in [5.74, 6) is 0.321. The number of amides is 2. The molecule has 0 bridgehead atoms. The van der Waals surface area contributed by atoms with Gasteiger partial charge >= 0.3 is 0 Å². The first-order valence-electron chi connectivity index (χ1n) is 8.47. The highest BCUT2D eigenvalue weighted by Crippen LogP contribution is 2.46. The molecule has 136 valence electrons. The number of carbonyl (C=O) groups excluding carboxylic acids is 2. The molecule has 26 heavy (non-hydrogen) atoms. The minimum atomic E-state index is -0.932. The third kappa shape index (κ3) is 4.17. The Hall–Kier alpha value is -2.53. The predicted octanol–water partition coefficient (Wildman–Crippen LogP) is 3.06. The smallest absolute Gasteiger partial charge is 0.235 e. The molecule has 0 radical (unpaired) electrons. The summed E-state index contributed by atoms with van der Waals surface area (Å²) in [4.78, 5) is 25.0. The molecule has 5 nitrogen and oxygen atoms in total. The summed E-state index contributed by atoms with van der Waals surface area (Å²) >= 11 is 5.85. The summed E-state index contributed by atoms with van der Waals surface area (Å²) in [5, 5.41) is 6.37. The number of hydrogen-bond donors (Lipinski definition) is 2. The van der Waals surface area contributed by atoms with Crippen molar-refractivity contribution < 1.29 is 14.3 Å². The third-order valence-electron chi connectivity index (χ3n) is 4.60. The van der Waals surface area contributed by atoms with Crippen molar-refractivity contribution in [2.24, 2.45) is 5.41 Å². The van der Waals surface area contributed by atoms with E-state index in [-0.39, 0.29) is 11.8 Å². The second kappa shape index (κ2) is 7.79. The molecule has 0 heterocycles. The highest BCUT2D eigenvalue weighted by Gasteiger charge is 2.56. The minimum Gasteiger partial charge on any atom is -0.497 e. The van der Waals surface area contributed by atoms with Crippen LogP contribution in [0.2, 0.25) is 5.02 Å². The summed E-state index contributed by atoms with van der Waals surface area (Å²) < 4.78 is 5.11. The van der Waals surface area contributed by atoms with E-state index in [0.29, 0.717) is 31.0 Å². The van der Waals surface area contributed by atoms with Crippen LogP contribution in [0.1, 0.15) is 24.0 Å². The Labute approximate surface area is 157 Å². The zero-order chi connectivity index (χ0) is 18.6. The Bertz CT molecular complexity index is 784. The summed E-state index contributed by atoms with van der Waals surface area (Å²) in [6.45, 7) is 0.762. The van der Waals surface area contributed by atoms with Crippen LogP contribution in [0, 0.1) is 5.41 Å². The Morgan fingerprint density at radius 2 is 1.38 bits per heavy atom. The van der Waals surface area contributed by atoms with Crippen molar-refractivity contribution in [3.8, 4) is 5.75 Å². The summed E-state index contributed by atoms with van der Waals surface area (Å²) in [6.07, 6.45) is 1.15. The lowest BCUT2D eigenvalue weighted by Gasteiger charge is -2.15. The van der Waals surface area contributed by atoms with Gasteiger partial charge in [-0.2, -0.15) is 0 Å². The first kappa shape index (κ1) is 18.3. The average molecular weight is 373 g/mol. The molecule has 1 fully saturated rings. The normalized spacial score (nSPS) is 14.4. The topological polar surface area (TPSA) is 67.4 Å². The fourth-order valence-electron chi connectivity index (χ4n) is 2.73. The van der Waals surface area contributed by atoms with E-state index in [1.807, 2.05) is 36.4 Å². The van der Waals surface area contributed by atoms with E-state index in [1.54, 1.807) is 19.2 Å². The molecule has 6 heteroatoms. The van der Waals surface area contributed by atoms with Gasteiger partial charge in [0.1, 0.15) is 11.2 Å². The molecule has 1 saturated carbocycles. The molecule has 1 aliphatic carbocycles. The number of hydrogen-bond acceptors (Lipinski definition) is 3. The number of nitrogens with one attached hydrogen (secondary N) is 2. The van der Waals surface area contributed by atoms with Gasteiger partial charge in [-0.25, -0.2) is 0 Å². The molecule has 0 unspecified atom stereocenters. The second-order valence-electron chi connectivity index (χ2n) is 6.42. The fraction of sp³-hybridized carbons (Fsp3) is 0.300. The second-order valence-corrected chi connectivity index (χ2v) is 6.86. The van der Waals surface area contributed by atoms with Crippen molar-refractivity contribution in [2.75, 3.05) is 7.11 Å². The Kier molecular flexibility index (Phi) is 5.47. The van der Waals surface area contributed by atoms with Gasteiger partial charge in [-0.1, -0.05) is 35.9 Å². The van der Waals surface area contributed by atoms with Crippen LogP contribution in [0.4, 0.5) is 0 Å². The number of carbonyl (C=O) groups is 2. The highest BCUT2D eigenvalue weighted by atomic mass is 35.5. The highest BCUT2D eigenvalue weighted by molar-refractivity contribution is 6.30. The predicted molar refractivity (Wildman–Crippen MR) is 99.8 cm³/mol. The van der Waals surface area contributed by atoms with Crippen LogP contribution in [0.25, 0.3) is 0 Å². The minimum absolute atomic E-state index is 0.220. The van der Waals surface area contributed by atoms with Gasteiger partial charge in [0.05, 0.1) is 7.11 Å². The van der Waals surface area contributed by atoms with Crippen LogP contribution in [-0.4, -0.2) is 18.9 Å². The van der Waals surface area contributed by atoms with Crippen LogP contribution in [0.15, 0.2) is 48.5 Å². The largest absolute Gasteiger partial charge is 0.497 e. The molecule has 0 aromatic heterocycles. The van der Waals surface area contributed by atoms with E-state index >= 15 is 0 Å². The van der Waals surface area contributed by atoms with Crippen molar-refractivity contribution in [3.63, 3.8) is 0 Å². The summed E-state index contributed by atoms with van der Waals surface area (Å²) in [7, 11) is 1.61. The van der Waals surface area contributed by atoms with Crippen molar-refractivity contribution in [1.29, 1.82) is 0 Å². The van der Waals surface area contributed by atoms with E-state index in [2.05, 4.69) is 10.6 Å². The Balaban J connectivity index is 1.52. The maximum atomic E-state index is 12.5. The van der Waals surface area contributed by atoms with E-state index in [0.717, 1.165) is 16.9 Å². The first-order valence-corrected chi connectivity index (χ1v) is 8.85. The van der Waals surface area contributed by atoms with Crippen molar-refractivity contribution >= 4 is 23.4 Å². The lowest BCUT2D eigenvalue weighted by atomic mass is 10.0. The Morgan fingerprint density at radius 3 is 1.81 bits per heavy atom. The monoisotopic (exact) mass is 372 g/mol. The van der Waals surface area contributed by atoms with Crippen molar-refractivity contribution in [1.82, 2.24) is 10.6 Å². The van der Waals surface area contributed by atoms with Crippen LogP contribution >= 0.6 is 11.6 Å². The Morgan fingerprint density at radius 1 is 0.923 bits per heavy atom.